The Morgan fingerprint density at radius 2 is 2.06 bits per heavy atom. The Kier molecular flexibility index (Phi) is 3.53. The summed E-state index contributed by atoms with van der Waals surface area (Å²) in [5.74, 6) is 0.585. The molecule has 1 aromatic carbocycles. The first-order valence-corrected chi connectivity index (χ1v) is 6.47. The third-order valence-electron chi connectivity index (χ3n) is 2.47. The lowest BCUT2D eigenvalue weighted by Gasteiger charge is -2.07. The van der Waals surface area contributed by atoms with Crippen molar-refractivity contribution >= 4 is 34.2 Å². The minimum absolute atomic E-state index is 0.109. The van der Waals surface area contributed by atoms with Crippen molar-refractivity contribution in [3.05, 3.63) is 48.4 Å². The molecule has 2 rings (SSSR count). The van der Waals surface area contributed by atoms with Gasteiger partial charge in [-0.15, -0.1) is 0 Å². The summed E-state index contributed by atoms with van der Waals surface area (Å²) in [5, 5.41) is 0.677. The lowest BCUT2D eigenvalue weighted by molar-refractivity contribution is 1.05. The van der Waals surface area contributed by atoms with Gasteiger partial charge in [0.15, 0.2) is 0 Å². The molecule has 0 aliphatic heterocycles. The summed E-state index contributed by atoms with van der Waals surface area (Å²) in [6.45, 7) is 3.76. The number of nitrogens with zero attached hydrogens (tertiary/aromatic N) is 1. The third kappa shape index (κ3) is 2.52. The highest BCUT2D eigenvalue weighted by Gasteiger charge is 2.09. The topological polar surface area (TPSA) is 45.8 Å². The molecular weight excluding hydrogens is 351 g/mol. The first-order chi connectivity index (χ1) is 7.99. The summed E-state index contributed by atoms with van der Waals surface area (Å²) in [7, 11) is 0. The molecule has 0 aliphatic carbocycles. The Morgan fingerprint density at radius 1 is 1.35 bits per heavy atom. The Labute approximate surface area is 117 Å². The van der Waals surface area contributed by atoms with Crippen LogP contribution in [0.4, 0.5) is 0 Å². The Bertz CT molecular complexity index is 637. The Morgan fingerprint density at radius 3 is 2.65 bits per heavy atom. The molecule has 3 nitrogen and oxygen atoms in total. The van der Waals surface area contributed by atoms with Gasteiger partial charge in [0.05, 0.1) is 9.26 Å². The highest BCUT2D eigenvalue weighted by atomic mass is 127. The van der Waals surface area contributed by atoms with Crippen LogP contribution in [0.1, 0.15) is 11.3 Å². The highest BCUT2D eigenvalue weighted by molar-refractivity contribution is 14.1. The van der Waals surface area contributed by atoms with Crippen molar-refractivity contribution in [1.29, 1.82) is 0 Å². The molecule has 1 aromatic heterocycles. The minimum Gasteiger partial charge on any atom is -0.306 e. The number of halogens is 2. The summed E-state index contributed by atoms with van der Waals surface area (Å²) in [4.78, 5) is 18.8. The van der Waals surface area contributed by atoms with E-state index in [0.717, 1.165) is 16.8 Å². The monoisotopic (exact) mass is 360 g/mol. The first kappa shape index (κ1) is 12.6. The zero-order valence-electron chi connectivity index (χ0n) is 9.34. The van der Waals surface area contributed by atoms with Crippen LogP contribution in [0.15, 0.2) is 23.0 Å². The van der Waals surface area contributed by atoms with Crippen LogP contribution in [0.5, 0.6) is 0 Å². The van der Waals surface area contributed by atoms with Gasteiger partial charge in [0, 0.05) is 10.6 Å². The van der Waals surface area contributed by atoms with Crippen molar-refractivity contribution in [2.24, 2.45) is 0 Å². The summed E-state index contributed by atoms with van der Waals surface area (Å²) in [6, 6.07) is 5.50. The smallest absolute Gasteiger partial charge is 0.264 e. The number of hydrogen-bond acceptors (Lipinski definition) is 2. The number of aromatic amines is 1. The van der Waals surface area contributed by atoms with E-state index in [9.17, 15) is 4.79 Å². The van der Waals surface area contributed by atoms with Crippen molar-refractivity contribution in [3.63, 3.8) is 0 Å². The summed E-state index contributed by atoms with van der Waals surface area (Å²) >= 11 is 7.89. The predicted octanol–water partition coefficient (Wildman–Crippen LogP) is 3.31. The van der Waals surface area contributed by atoms with Crippen LogP contribution < -0.4 is 5.56 Å². The van der Waals surface area contributed by atoms with Gasteiger partial charge in [-0.25, -0.2) is 4.98 Å². The zero-order chi connectivity index (χ0) is 12.6. The lowest BCUT2D eigenvalue weighted by Crippen LogP contribution is -2.14. The fourth-order valence-corrected chi connectivity index (χ4v) is 2.07. The molecule has 1 heterocycles. The number of benzene rings is 1. The van der Waals surface area contributed by atoms with Gasteiger partial charge in [-0.3, -0.25) is 4.79 Å². The van der Waals surface area contributed by atoms with Crippen LogP contribution >= 0.6 is 34.2 Å². The highest BCUT2D eigenvalue weighted by Crippen LogP contribution is 2.23. The second-order valence-corrected chi connectivity index (χ2v) is 5.29. The number of nitrogens with one attached hydrogen (secondary N) is 1. The molecule has 0 saturated heterocycles. The van der Waals surface area contributed by atoms with Gasteiger partial charge >= 0.3 is 0 Å². The molecule has 5 heteroatoms. The summed E-state index contributed by atoms with van der Waals surface area (Å²) in [6.07, 6.45) is 0. The van der Waals surface area contributed by atoms with E-state index in [4.69, 9.17) is 11.6 Å². The molecule has 0 amide bonds. The predicted molar refractivity (Wildman–Crippen MR) is 77.5 cm³/mol. The number of hydrogen-bond donors (Lipinski definition) is 1. The van der Waals surface area contributed by atoms with Crippen molar-refractivity contribution < 1.29 is 0 Å². The van der Waals surface area contributed by atoms with Gasteiger partial charge in [0.25, 0.3) is 5.56 Å². The quantitative estimate of drug-likeness (QED) is 0.793. The molecule has 0 aliphatic rings. The molecule has 0 spiro atoms. The van der Waals surface area contributed by atoms with E-state index in [1.807, 2.05) is 48.6 Å². The molecule has 2 aromatic rings. The Balaban J connectivity index is 2.65. The largest absolute Gasteiger partial charge is 0.306 e. The molecule has 0 unspecified atom stereocenters. The van der Waals surface area contributed by atoms with E-state index in [-0.39, 0.29) is 5.56 Å². The third-order valence-corrected chi connectivity index (χ3v) is 3.98. The maximum atomic E-state index is 11.7. The maximum Gasteiger partial charge on any atom is 0.264 e. The van der Waals surface area contributed by atoms with E-state index in [1.54, 1.807) is 6.07 Å². The number of rotatable bonds is 1. The molecule has 0 saturated carbocycles. The fourth-order valence-electron chi connectivity index (χ4n) is 1.59. The van der Waals surface area contributed by atoms with Crippen LogP contribution in [0.25, 0.3) is 11.4 Å². The molecular formula is C12H10ClIN2O. The minimum atomic E-state index is -0.109. The van der Waals surface area contributed by atoms with Gasteiger partial charge in [0.2, 0.25) is 0 Å². The van der Waals surface area contributed by atoms with E-state index < -0.39 is 0 Å². The van der Waals surface area contributed by atoms with Gasteiger partial charge in [-0.05, 0) is 60.2 Å². The first-order valence-electron chi connectivity index (χ1n) is 5.02. The molecule has 17 heavy (non-hydrogen) atoms. The van der Waals surface area contributed by atoms with Crippen molar-refractivity contribution in [2.75, 3.05) is 0 Å². The van der Waals surface area contributed by atoms with Crippen molar-refractivity contribution in [2.45, 2.75) is 13.8 Å². The summed E-state index contributed by atoms with van der Waals surface area (Å²) < 4.78 is 0.623. The molecule has 0 fully saturated rings. The Hall–Kier alpha value is -0.880. The molecule has 0 atom stereocenters. The van der Waals surface area contributed by atoms with E-state index >= 15 is 0 Å². The van der Waals surface area contributed by atoms with Crippen molar-refractivity contribution in [1.82, 2.24) is 9.97 Å². The second-order valence-electron chi connectivity index (χ2n) is 3.77. The SMILES string of the molecule is Cc1cc(Cl)ccc1-c1nc(C)c(I)c(=O)[nH]1. The van der Waals surface area contributed by atoms with E-state index in [0.29, 0.717) is 14.4 Å². The van der Waals surface area contributed by atoms with Crippen LogP contribution in [0.3, 0.4) is 0 Å². The zero-order valence-corrected chi connectivity index (χ0v) is 12.3. The van der Waals surface area contributed by atoms with Gasteiger partial charge in [0.1, 0.15) is 5.82 Å². The number of H-pyrrole nitrogens is 1. The van der Waals surface area contributed by atoms with Gasteiger partial charge in [-0.2, -0.15) is 0 Å². The molecule has 88 valence electrons. The van der Waals surface area contributed by atoms with Crippen LogP contribution in [-0.2, 0) is 0 Å². The van der Waals surface area contributed by atoms with Crippen LogP contribution in [0.2, 0.25) is 5.02 Å². The standard InChI is InChI=1S/C12H10ClIN2O/c1-6-5-8(13)3-4-9(6)11-15-7(2)10(14)12(17)16-11/h3-5H,1-2H3,(H,15,16,17). The van der Waals surface area contributed by atoms with E-state index in [1.165, 1.54) is 0 Å². The van der Waals surface area contributed by atoms with Gasteiger partial charge < -0.3 is 4.98 Å². The number of aromatic nitrogens is 2. The number of aryl methyl sites for hydroxylation is 2. The summed E-state index contributed by atoms with van der Waals surface area (Å²) in [5.41, 5.74) is 2.51. The molecule has 1 N–H and O–H groups in total. The van der Waals surface area contributed by atoms with Gasteiger partial charge in [-0.1, -0.05) is 11.6 Å². The van der Waals surface area contributed by atoms with E-state index in [2.05, 4.69) is 9.97 Å². The average Bonchev–Trinajstić information content (AvgIpc) is 2.25. The van der Waals surface area contributed by atoms with Crippen LogP contribution in [-0.4, -0.2) is 9.97 Å². The fraction of sp³-hybridized carbons (Fsp3) is 0.167. The molecule has 0 bridgehead atoms. The lowest BCUT2D eigenvalue weighted by atomic mass is 10.1. The maximum absolute atomic E-state index is 11.7. The van der Waals surface area contributed by atoms with Crippen LogP contribution in [0, 0.1) is 17.4 Å². The normalized spacial score (nSPS) is 10.6. The second kappa shape index (κ2) is 4.78. The van der Waals surface area contributed by atoms with Crippen molar-refractivity contribution in [3.8, 4) is 11.4 Å². The molecule has 0 radical (unpaired) electrons. The average molecular weight is 361 g/mol.